The van der Waals surface area contributed by atoms with Crippen LogP contribution in [0.4, 0.5) is 0 Å². The van der Waals surface area contributed by atoms with Crippen LogP contribution in [-0.2, 0) is 14.6 Å². The average Bonchev–Trinajstić information content (AvgIpc) is 2.52. The first-order valence-corrected chi connectivity index (χ1v) is 9.04. The molecule has 1 rings (SSSR count). The summed E-state index contributed by atoms with van der Waals surface area (Å²) in [5.74, 6) is 0.773. The normalized spacial score (nSPS) is 11.7. The molecular weight excluding hydrogens is 429 g/mol. The molecule has 0 saturated carbocycles. The third-order valence-corrected chi connectivity index (χ3v) is 4.70. The third kappa shape index (κ3) is 9.11. The summed E-state index contributed by atoms with van der Waals surface area (Å²) in [6, 6.07) is 8.50. The molecule has 0 aromatic heterocycles. The standard InChI is InChI=1S/C15H25N3O3S.HI/c1-3-16-15(18-11-12-21-2)17-10-7-13-22(19,20)14-8-5-4-6-9-14;/h4-6,8-9H,3,7,10-13H2,1-2H3,(H2,16,17,18);1H. The molecule has 0 spiro atoms. The summed E-state index contributed by atoms with van der Waals surface area (Å²) >= 11 is 0. The minimum absolute atomic E-state index is 0. The number of rotatable bonds is 9. The molecule has 0 bridgehead atoms. The van der Waals surface area contributed by atoms with Gasteiger partial charge in [0.1, 0.15) is 0 Å². The van der Waals surface area contributed by atoms with Crippen molar-refractivity contribution in [1.29, 1.82) is 0 Å². The van der Waals surface area contributed by atoms with Crippen LogP contribution in [0.15, 0.2) is 40.2 Å². The van der Waals surface area contributed by atoms with Crippen LogP contribution >= 0.6 is 24.0 Å². The molecule has 0 amide bonds. The first kappa shape index (κ1) is 22.1. The Morgan fingerprint density at radius 1 is 1.22 bits per heavy atom. The van der Waals surface area contributed by atoms with Crippen LogP contribution in [0.3, 0.4) is 0 Å². The fourth-order valence-electron chi connectivity index (χ4n) is 1.80. The molecule has 1 aromatic carbocycles. The molecule has 0 fully saturated rings. The highest BCUT2D eigenvalue weighted by Gasteiger charge is 2.12. The first-order valence-electron chi connectivity index (χ1n) is 7.39. The summed E-state index contributed by atoms with van der Waals surface area (Å²) in [4.78, 5) is 4.72. The van der Waals surface area contributed by atoms with Gasteiger partial charge in [0, 0.05) is 26.7 Å². The highest BCUT2D eigenvalue weighted by molar-refractivity contribution is 14.0. The molecule has 0 aliphatic carbocycles. The van der Waals surface area contributed by atoms with Crippen LogP contribution in [0, 0.1) is 0 Å². The summed E-state index contributed by atoms with van der Waals surface area (Å²) in [6.07, 6.45) is 0.484. The topological polar surface area (TPSA) is 79.8 Å². The smallest absolute Gasteiger partial charge is 0.191 e. The minimum Gasteiger partial charge on any atom is -0.383 e. The number of guanidine groups is 1. The molecular formula is C15H26IN3O3S. The monoisotopic (exact) mass is 455 g/mol. The van der Waals surface area contributed by atoms with Gasteiger partial charge in [0.15, 0.2) is 15.8 Å². The van der Waals surface area contributed by atoms with Crippen LogP contribution in [0.5, 0.6) is 0 Å². The Balaban J connectivity index is 0.00000484. The van der Waals surface area contributed by atoms with Crippen molar-refractivity contribution in [3.63, 3.8) is 0 Å². The van der Waals surface area contributed by atoms with Gasteiger partial charge in [-0.25, -0.2) is 8.42 Å². The van der Waals surface area contributed by atoms with E-state index in [9.17, 15) is 8.42 Å². The van der Waals surface area contributed by atoms with Gasteiger partial charge in [-0.1, -0.05) is 18.2 Å². The lowest BCUT2D eigenvalue weighted by Crippen LogP contribution is -2.39. The van der Waals surface area contributed by atoms with Crippen LogP contribution in [0.1, 0.15) is 13.3 Å². The number of nitrogens with zero attached hydrogens (tertiary/aromatic N) is 1. The zero-order chi connectivity index (χ0) is 16.3. The number of benzene rings is 1. The average molecular weight is 455 g/mol. The van der Waals surface area contributed by atoms with Crippen molar-refractivity contribution >= 4 is 39.8 Å². The quantitative estimate of drug-likeness (QED) is 0.256. The van der Waals surface area contributed by atoms with Gasteiger partial charge < -0.3 is 15.4 Å². The summed E-state index contributed by atoms with van der Waals surface area (Å²) < 4.78 is 29.2. The lowest BCUT2D eigenvalue weighted by molar-refractivity contribution is 0.203. The number of ether oxygens (including phenoxy) is 1. The number of methoxy groups -OCH3 is 1. The fraction of sp³-hybridized carbons (Fsp3) is 0.533. The van der Waals surface area contributed by atoms with E-state index in [4.69, 9.17) is 4.74 Å². The van der Waals surface area contributed by atoms with E-state index in [1.807, 2.05) is 6.92 Å². The maximum atomic E-state index is 12.1. The maximum absolute atomic E-state index is 12.1. The summed E-state index contributed by atoms with van der Waals surface area (Å²) in [5, 5.41) is 6.22. The van der Waals surface area contributed by atoms with Crippen molar-refractivity contribution in [2.24, 2.45) is 4.99 Å². The van der Waals surface area contributed by atoms with E-state index in [1.54, 1.807) is 37.4 Å². The number of hydrogen-bond donors (Lipinski definition) is 2. The lowest BCUT2D eigenvalue weighted by atomic mass is 10.4. The molecule has 6 nitrogen and oxygen atoms in total. The molecule has 1 aromatic rings. The molecule has 0 radical (unpaired) electrons. The molecule has 0 heterocycles. The molecule has 0 saturated heterocycles. The minimum atomic E-state index is -3.22. The van der Waals surface area contributed by atoms with Crippen molar-refractivity contribution < 1.29 is 13.2 Å². The number of hydrogen-bond acceptors (Lipinski definition) is 4. The van der Waals surface area contributed by atoms with Crippen molar-refractivity contribution in [2.75, 3.05) is 39.1 Å². The van der Waals surface area contributed by atoms with E-state index in [1.165, 1.54) is 0 Å². The SMILES string of the molecule is CCNC(=NCCCS(=O)(=O)c1ccccc1)NCCOC.I. The predicted octanol–water partition coefficient (Wildman–Crippen LogP) is 1.67. The van der Waals surface area contributed by atoms with Gasteiger partial charge in [0.2, 0.25) is 0 Å². The molecule has 23 heavy (non-hydrogen) atoms. The summed E-state index contributed by atoms with van der Waals surface area (Å²) in [6.45, 7) is 4.43. The number of nitrogens with one attached hydrogen (secondary N) is 2. The third-order valence-electron chi connectivity index (χ3n) is 2.89. The largest absolute Gasteiger partial charge is 0.383 e. The van der Waals surface area contributed by atoms with Gasteiger partial charge in [-0.15, -0.1) is 24.0 Å². The Kier molecular flexibility index (Phi) is 12.1. The van der Waals surface area contributed by atoms with Crippen LogP contribution in [-0.4, -0.2) is 53.5 Å². The molecule has 0 atom stereocenters. The second kappa shape index (κ2) is 12.5. The van der Waals surface area contributed by atoms with Crippen molar-refractivity contribution in [3.05, 3.63) is 30.3 Å². The molecule has 0 aliphatic rings. The van der Waals surface area contributed by atoms with E-state index in [0.29, 0.717) is 37.0 Å². The summed E-state index contributed by atoms with van der Waals surface area (Å²) in [5.41, 5.74) is 0. The Hall–Kier alpha value is -0.870. The molecule has 0 aliphatic heterocycles. The number of halogens is 1. The van der Waals surface area contributed by atoms with E-state index >= 15 is 0 Å². The zero-order valence-electron chi connectivity index (χ0n) is 13.6. The van der Waals surface area contributed by atoms with Gasteiger partial charge in [-0.2, -0.15) is 0 Å². The highest BCUT2D eigenvalue weighted by atomic mass is 127. The van der Waals surface area contributed by atoms with Gasteiger partial charge >= 0.3 is 0 Å². The second-order valence-electron chi connectivity index (χ2n) is 4.67. The van der Waals surface area contributed by atoms with Crippen molar-refractivity contribution in [3.8, 4) is 0 Å². The predicted molar refractivity (Wildman–Crippen MR) is 104 cm³/mol. The van der Waals surface area contributed by atoms with E-state index in [2.05, 4.69) is 15.6 Å². The Labute approximate surface area is 156 Å². The van der Waals surface area contributed by atoms with Gasteiger partial charge in [-0.3, -0.25) is 4.99 Å². The zero-order valence-corrected chi connectivity index (χ0v) is 16.8. The Morgan fingerprint density at radius 2 is 1.91 bits per heavy atom. The van der Waals surface area contributed by atoms with Crippen molar-refractivity contribution in [2.45, 2.75) is 18.2 Å². The lowest BCUT2D eigenvalue weighted by Gasteiger charge is -2.10. The van der Waals surface area contributed by atoms with E-state index in [0.717, 1.165) is 6.54 Å². The van der Waals surface area contributed by atoms with E-state index in [-0.39, 0.29) is 29.7 Å². The first-order chi connectivity index (χ1) is 10.6. The molecule has 2 N–H and O–H groups in total. The van der Waals surface area contributed by atoms with Gasteiger partial charge in [0.05, 0.1) is 17.3 Å². The fourth-order valence-corrected chi connectivity index (χ4v) is 3.12. The maximum Gasteiger partial charge on any atom is 0.191 e. The van der Waals surface area contributed by atoms with Crippen molar-refractivity contribution in [1.82, 2.24) is 10.6 Å². The number of sulfone groups is 1. The second-order valence-corrected chi connectivity index (χ2v) is 6.77. The molecule has 132 valence electrons. The Morgan fingerprint density at radius 3 is 2.52 bits per heavy atom. The van der Waals surface area contributed by atoms with Crippen LogP contribution < -0.4 is 10.6 Å². The summed E-state index contributed by atoms with van der Waals surface area (Å²) in [7, 11) is -1.58. The molecule has 0 unspecified atom stereocenters. The van der Waals surface area contributed by atoms with Gasteiger partial charge in [0.25, 0.3) is 0 Å². The van der Waals surface area contributed by atoms with E-state index < -0.39 is 9.84 Å². The molecule has 8 heteroatoms. The number of aliphatic imine (C=N–C) groups is 1. The highest BCUT2D eigenvalue weighted by Crippen LogP contribution is 2.10. The van der Waals surface area contributed by atoms with Crippen LogP contribution in [0.2, 0.25) is 0 Å². The van der Waals surface area contributed by atoms with Gasteiger partial charge in [-0.05, 0) is 25.5 Å². The Bertz CT molecular complexity index is 550. The van der Waals surface area contributed by atoms with Crippen LogP contribution in [0.25, 0.3) is 0 Å².